The molecule has 0 aromatic carbocycles. The number of aliphatic hydroxyl groups excluding tert-OH is 1. The lowest BCUT2D eigenvalue weighted by Gasteiger charge is -2.23. The van der Waals surface area contributed by atoms with Crippen molar-refractivity contribution in [3.8, 4) is 0 Å². The molecule has 90 valence electrons. The van der Waals surface area contributed by atoms with E-state index in [-0.39, 0.29) is 11.7 Å². The topological polar surface area (TPSA) is 46.5 Å². The number of ether oxygens (including phenoxy) is 1. The van der Waals surface area contributed by atoms with Crippen LogP contribution >= 0.6 is 0 Å². The fourth-order valence-electron chi connectivity index (χ4n) is 1.44. The van der Waals surface area contributed by atoms with Crippen LogP contribution in [0.2, 0.25) is 0 Å². The Morgan fingerprint density at radius 2 is 1.80 bits per heavy atom. The number of rotatable bonds is 1. The van der Waals surface area contributed by atoms with Gasteiger partial charge in [0.1, 0.15) is 5.60 Å². The van der Waals surface area contributed by atoms with E-state index >= 15 is 0 Å². The third-order valence-corrected chi connectivity index (χ3v) is 2.47. The summed E-state index contributed by atoms with van der Waals surface area (Å²) in [4.78, 5) is 9.60. The molecule has 1 saturated carbocycles. The zero-order valence-electron chi connectivity index (χ0n) is 10.3. The highest BCUT2D eigenvalue weighted by Crippen LogP contribution is 2.22. The average Bonchev–Trinajstić information content (AvgIpc) is 2.09. The van der Waals surface area contributed by atoms with Gasteiger partial charge in [0.2, 0.25) is 0 Å². The van der Waals surface area contributed by atoms with Gasteiger partial charge in [0, 0.05) is 0 Å². The highest BCUT2D eigenvalue weighted by Gasteiger charge is 2.17. The SMILES string of the molecule is CC(C)(C)OC=O.CC1CCCCC1O. The van der Waals surface area contributed by atoms with Gasteiger partial charge < -0.3 is 9.84 Å². The molecule has 1 rings (SSSR count). The van der Waals surface area contributed by atoms with E-state index in [4.69, 9.17) is 0 Å². The first-order chi connectivity index (χ1) is 6.87. The van der Waals surface area contributed by atoms with Crippen molar-refractivity contribution in [3.63, 3.8) is 0 Å². The van der Waals surface area contributed by atoms with Crippen molar-refractivity contribution in [3.05, 3.63) is 0 Å². The minimum absolute atomic E-state index is 0.00347. The largest absolute Gasteiger partial charge is 0.462 e. The van der Waals surface area contributed by atoms with Crippen LogP contribution in [0, 0.1) is 5.92 Å². The second kappa shape index (κ2) is 6.83. The van der Waals surface area contributed by atoms with Crippen LogP contribution in [-0.2, 0) is 9.53 Å². The molecule has 3 heteroatoms. The van der Waals surface area contributed by atoms with Crippen molar-refractivity contribution in [2.24, 2.45) is 5.92 Å². The lowest BCUT2D eigenvalue weighted by atomic mass is 9.88. The molecular formula is C12H24O3. The molecule has 2 unspecified atom stereocenters. The Balaban J connectivity index is 0.000000265. The number of aliphatic hydroxyl groups is 1. The van der Waals surface area contributed by atoms with Crippen LogP contribution in [0.15, 0.2) is 0 Å². The molecule has 0 bridgehead atoms. The quantitative estimate of drug-likeness (QED) is 0.685. The standard InChI is InChI=1S/C7H14O.C5H10O2/c1-6-4-2-3-5-7(6)8;1-5(2,3)7-4-6/h6-8H,2-5H2,1H3;4H,1-3H3. The molecular weight excluding hydrogens is 192 g/mol. The van der Waals surface area contributed by atoms with Gasteiger partial charge in [-0.3, -0.25) is 4.79 Å². The van der Waals surface area contributed by atoms with E-state index in [0.29, 0.717) is 12.4 Å². The van der Waals surface area contributed by atoms with E-state index in [1.165, 1.54) is 19.3 Å². The Labute approximate surface area is 92.8 Å². The van der Waals surface area contributed by atoms with Crippen molar-refractivity contribution < 1.29 is 14.6 Å². The van der Waals surface area contributed by atoms with Crippen LogP contribution in [0.25, 0.3) is 0 Å². The van der Waals surface area contributed by atoms with Crippen molar-refractivity contribution >= 4 is 6.47 Å². The summed E-state index contributed by atoms with van der Waals surface area (Å²) in [6.07, 6.45) is 4.80. The highest BCUT2D eigenvalue weighted by atomic mass is 16.5. The van der Waals surface area contributed by atoms with E-state index in [9.17, 15) is 9.90 Å². The normalized spacial score (nSPS) is 26.2. The summed E-state index contributed by atoms with van der Waals surface area (Å²) in [6.45, 7) is 8.05. The van der Waals surface area contributed by atoms with Crippen LogP contribution < -0.4 is 0 Å². The van der Waals surface area contributed by atoms with E-state index in [0.717, 1.165) is 6.42 Å². The molecule has 0 radical (unpaired) electrons. The third-order valence-electron chi connectivity index (χ3n) is 2.47. The molecule has 1 aliphatic rings. The molecule has 2 atom stereocenters. The van der Waals surface area contributed by atoms with Crippen LogP contribution in [0.3, 0.4) is 0 Å². The lowest BCUT2D eigenvalue weighted by molar-refractivity contribution is -0.138. The van der Waals surface area contributed by atoms with E-state index in [1.807, 2.05) is 20.8 Å². The Hall–Kier alpha value is -0.570. The molecule has 0 amide bonds. The molecule has 3 nitrogen and oxygen atoms in total. The summed E-state index contributed by atoms with van der Waals surface area (Å²) in [5, 5.41) is 9.18. The van der Waals surface area contributed by atoms with Crippen LogP contribution in [0.5, 0.6) is 0 Å². The first-order valence-electron chi connectivity index (χ1n) is 5.66. The van der Waals surface area contributed by atoms with E-state index in [1.54, 1.807) is 0 Å². The smallest absolute Gasteiger partial charge is 0.293 e. The molecule has 0 spiro atoms. The van der Waals surface area contributed by atoms with Gasteiger partial charge in [-0.15, -0.1) is 0 Å². The molecule has 0 aliphatic heterocycles. The maximum atomic E-state index is 9.60. The van der Waals surface area contributed by atoms with Gasteiger partial charge in [0.05, 0.1) is 6.10 Å². The predicted molar refractivity (Wildman–Crippen MR) is 60.5 cm³/mol. The van der Waals surface area contributed by atoms with Crippen molar-refractivity contribution in [1.29, 1.82) is 0 Å². The Bertz CT molecular complexity index is 162. The van der Waals surface area contributed by atoms with Crippen LogP contribution in [0.4, 0.5) is 0 Å². The number of hydrogen-bond acceptors (Lipinski definition) is 3. The van der Waals surface area contributed by atoms with Gasteiger partial charge in [-0.05, 0) is 39.5 Å². The van der Waals surface area contributed by atoms with Gasteiger partial charge in [0.25, 0.3) is 6.47 Å². The zero-order valence-corrected chi connectivity index (χ0v) is 10.3. The second-order valence-corrected chi connectivity index (χ2v) is 5.16. The Morgan fingerprint density at radius 1 is 1.27 bits per heavy atom. The highest BCUT2D eigenvalue weighted by molar-refractivity contribution is 5.37. The first-order valence-corrected chi connectivity index (χ1v) is 5.66. The van der Waals surface area contributed by atoms with Crippen molar-refractivity contribution in [2.75, 3.05) is 0 Å². The van der Waals surface area contributed by atoms with Crippen molar-refractivity contribution in [1.82, 2.24) is 0 Å². The molecule has 1 fully saturated rings. The van der Waals surface area contributed by atoms with E-state index in [2.05, 4.69) is 11.7 Å². The van der Waals surface area contributed by atoms with Gasteiger partial charge in [-0.25, -0.2) is 0 Å². The Morgan fingerprint density at radius 3 is 2.00 bits per heavy atom. The van der Waals surface area contributed by atoms with Gasteiger partial charge in [-0.2, -0.15) is 0 Å². The monoisotopic (exact) mass is 216 g/mol. The summed E-state index contributed by atoms with van der Waals surface area (Å²) in [6, 6.07) is 0. The molecule has 0 heterocycles. The van der Waals surface area contributed by atoms with Crippen LogP contribution in [0.1, 0.15) is 53.4 Å². The minimum atomic E-state index is -0.318. The predicted octanol–water partition coefficient (Wildman–Crippen LogP) is 2.52. The molecule has 1 aliphatic carbocycles. The fourth-order valence-corrected chi connectivity index (χ4v) is 1.44. The second-order valence-electron chi connectivity index (χ2n) is 5.16. The zero-order chi connectivity index (χ0) is 11.9. The van der Waals surface area contributed by atoms with Crippen molar-refractivity contribution in [2.45, 2.75) is 65.1 Å². The maximum Gasteiger partial charge on any atom is 0.293 e. The Kier molecular flexibility index (Phi) is 6.57. The molecule has 15 heavy (non-hydrogen) atoms. The lowest BCUT2D eigenvalue weighted by Crippen LogP contribution is -2.21. The van der Waals surface area contributed by atoms with Gasteiger partial charge in [0.15, 0.2) is 0 Å². The molecule has 1 N–H and O–H groups in total. The number of carbonyl (C=O) groups is 1. The summed E-state index contributed by atoms with van der Waals surface area (Å²) in [7, 11) is 0. The minimum Gasteiger partial charge on any atom is -0.462 e. The van der Waals surface area contributed by atoms with E-state index < -0.39 is 0 Å². The summed E-state index contributed by atoms with van der Waals surface area (Å²) < 4.78 is 4.55. The van der Waals surface area contributed by atoms with Gasteiger partial charge >= 0.3 is 0 Å². The number of carbonyl (C=O) groups excluding carboxylic acids is 1. The van der Waals surface area contributed by atoms with Crippen LogP contribution in [-0.4, -0.2) is 23.3 Å². The van der Waals surface area contributed by atoms with Gasteiger partial charge in [-0.1, -0.05) is 19.8 Å². The summed E-state index contributed by atoms with van der Waals surface area (Å²) in [5.41, 5.74) is -0.318. The third kappa shape index (κ3) is 8.43. The fraction of sp³-hybridized carbons (Fsp3) is 0.917. The molecule has 0 aromatic rings. The first kappa shape index (κ1) is 14.4. The molecule has 0 saturated heterocycles. The summed E-state index contributed by atoms with van der Waals surface area (Å²) in [5.74, 6) is 0.559. The number of hydrogen-bond donors (Lipinski definition) is 1. The maximum absolute atomic E-state index is 9.60. The summed E-state index contributed by atoms with van der Waals surface area (Å²) >= 11 is 0. The average molecular weight is 216 g/mol. The molecule has 0 aromatic heterocycles.